The van der Waals surface area contributed by atoms with E-state index in [2.05, 4.69) is 5.32 Å². The van der Waals surface area contributed by atoms with Gasteiger partial charge in [-0.2, -0.15) is 0 Å². The number of nitrogens with zero attached hydrogens (tertiary/aromatic N) is 1. The number of nitrogens with one attached hydrogen (secondary N) is 1. The summed E-state index contributed by atoms with van der Waals surface area (Å²) in [5.74, 6) is -0.0294. The fraction of sp³-hybridized carbons (Fsp3) is 0.500. The van der Waals surface area contributed by atoms with Gasteiger partial charge in [0, 0.05) is 13.1 Å². The standard InChI is InChI=1S/C12H16N2O3S/c1-2-13-12(16)10-8-17-6-5-14(10)11-4-3-9(7-15)18-11/h3-4,7,10H,2,5-6,8H2,1H3,(H,13,16). The van der Waals surface area contributed by atoms with Gasteiger partial charge >= 0.3 is 0 Å². The van der Waals surface area contributed by atoms with Crippen molar-refractivity contribution in [2.45, 2.75) is 13.0 Å². The van der Waals surface area contributed by atoms with Crippen LogP contribution in [0.3, 0.4) is 0 Å². The Morgan fingerprint density at radius 3 is 3.17 bits per heavy atom. The predicted octanol–water partition coefficient (Wildman–Crippen LogP) is 0.902. The lowest BCUT2D eigenvalue weighted by molar-refractivity contribution is -0.124. The Labute approximate surface area is 110 Å². The summed E-state index contributed by atoms with van der Waals surface area (Å²) in [5, 5.41) is 3.75. The summed E-state index contributed by atoms with van der Waals surface area (Å²) in [6.45, 7) is 4.15. The van der Waals surface area contributed by atoms with Gasteiger partial charge < -0.3 is 15.0 Å². The molecule has 1 amide bonds. The average Bonchev–Trinajstić information content (AvgIpc) is 2.87. The summed E-state index contributed by atoms with van der Waals surface area (Å²) in [6, 6.07) is 3.35. The Kier molecular flexibility index (Phi) is 4.33. The molecule has 2 heterocycles. The largest absolute Gasteiger partial charge is 0.377 e. The molecule has 0 bridgehead atoms. The molecule has 1 unspecified atom stereocenters. The molecule has 5 nitrogen and oxygen atoms in total. The summed E-state index contributed by atoms with van der Waals surface area (Å²) in [5.41, 5.74) is 0. The van der Waals surface area contributed by atoms with Crippen molar-refractivity contribution < 1.29 is 14.3 Å². The van der Waals surface area contributed by atoms with Crippen LogP contribution in [0.4, 0.5) is 5.00 Å². The van der Waals surface area contributed by atoms with Crippen LogP contribution in [0.2, 0.25) is 0 Å². The predicted molar refractivity (Wildman–Crippen MR) is 70.3 cm³/mol. The normalized spacial score (nSPS) is 19.6. The zero-order valence-corrected chi connectivity index (χ0v) is 11.0. The smallest absolute Gasteiger partial charge is 0.245 e. The highest BCUT2D eigenvalue weighted by Gasteiger charge is 2.30. The number of thiophene rings is 1. The van der Waals surface area contributed by atoms with E-state index in [1.165, 1.54) is 11.3 Å². The minimum Gasteiger partial charge on any atom is -0.377 e. The number of morpholine rings is 1. The molecule has 0 saturated carbocycles. The third-order valence-electron chi connectivity index (χ3n) is 2.79. The Bertz CT molecular complexity index is 433. The quantitative estimate of drug-likeness (QED) is 0.824. The second kappa shape index (κ2) is 5.97. The zero-order chi connectivity index (χ0) is 13.0. The lowest BCUT2D eigenvalue weighted by Crippen LogP contribution is -2.53. The van der Waals surface area contributed by atoms with Crippen molar-refractivity contribution in [1.29, 1.82) is 0 Å². The van der Waals surface area contributed by atoms with Crippen LogP contribution in [0.25, 0.3) is 0 Å². The summed E-state index contributed by atoms with van der Waals surface area (Å²) in [4.78, 5) is 25.3. The molecule has 1 aromatic heterocycles. The maximum atomic E-state index is 12.0. The van der Waals surface area contributed by atoms with Gasteiger partial charge in [0.2, 0.25) is 5.91 Å². The molecule has 2 rings (SSSR count). The molecule has 0 spiro atoms. The Hall–Kier alpha value is -1.40. The van der Waals surface area contributed by atoms with Crippen molar-refractivity contribution >= 4 is 28.5 Å². The maximum Gasteiger partial charge on any atom is 0.245 e. The molecule has 98 valence electrons. The Balaban J connectivity index is 2.16. The van der Waals surface area contributed by atoms with Crippen LogP contribution >= 0.6 is 11.3 Å². The fourth-order valence-corrected chi connectivity index (χ4v) is 2.83. The summed E-state index contributed by atoms with van der Waals surface area (Å²) < 4.78 is 5.37. The molecular formula is C12H16N2O3S. The number of rotatable bonds is 4. The van der Waals surface area contributed by atoms with Crippen molar-refractivity contribution in [3.63, 3.8) is 0 Å². The van der Waals surface area contributed by atoms with Gasteiger partial charge in [0.15, 0.2) is 6.29 Å². The fourth-order valence-electron chi connectivity index (χ4n) is 1.94. The van der Waals surface area contributed by atoms with Gasteiger partial charge in [0.05, 0.1) is 23.1 Å². The Morgan fingerprint density at radius 2 is 2.50 bits per heavy atom. The highest BCUT2D eigenvalue weighted by molar-refractivity contribution is 7.17. The number of carbonyl (C=O) groups is 2. The third-order valence-corrected chi connectivity index (χ3v) is 3.84. The number of aldehydes is 1. The highest BCUT2D eigenvalue weighted by atomic mass is 32.1. The van der Waals surface area contributed by atoms with Crippen LogP contribution < -0.4 is 10.2 Å². The number of anilines is 1. The first-order chi connectivity index (χ1) is 8.76. The molecule has 1 aromatic rings. The van der Waals surface area contributed by atoms with Crippen molar-refractivity contribution in [1.82, 2.24) is 5.32 Å². The van der Waals surface area contributed by atoms with Crippen LogP contribution in [0.1, 0.15) is 16.6 Å². The number of carbonyl (C=O) groups excluding carboxylic acids is 2. The van der Waals surface area contributed by atoms with E-state index in [1.54, 1.807) is 6.07 Å². The van der Waals surface area contributed by atoms with E-state index in [0.717, 1.165) is 11.3 Å². The van der Waals surface area contributed by atoms with Gasteiger partial charge in [-0.3, -0.25) is 9.59 Å². The number of amides is 1. The molecule has 0 aromatic carbocycles. The van der Waals surface area contributed by atoms with Gasteiger partial charge in [-0.15, -0.1) is 11.3 Å². The van der Waals surface area contributed by atoms with E-state index in [1.807, 2.05) is 17.9 Å². The van der Waals surface area contributed by atoms with E-state index in [4.69, 9.17) is 4.74 Å². The van der Waals surface area contributed by atoms with E-state index < -0.39 is 0 Å². The molecule has 1 aliphatic rings. The van der Waals surface area contributed by atoms with E-state index in [9.17, 15) is 9.59 Å². The molecule has 1 N–H and O–H groups in total. The van der Waals surface area contributed by atoms with Gasteiger partial charge in [0.1, 0.15) is 6.04 Å². The first-order valence-electron chi connectivity index (χ1n) is 5.93. The van der Waals surface area contributed by atoms with Crippen molar-refractivity contribution in [2.75, 3.05) is 31.2 Å². The molecule has 0 aliphatic carbocycles. The van der Waals surface area contributed by atoms with Crippen LogP contribution in [-0.2, 0) is 9.53 Å². The van der Waals surface area contributed by atoms with Crippen LogP contribution in [0.5, 0.6) is 0 Å². The van der Waals surface area contributed by atoms with Crippen LogP contribution in [0, 0.1) is 0 Å². The van der Waals surface area contributed by atoms with Gasteiger partial charge in [-0.25, -0.2) is 0 Å². The monoisotopic (exact) mass is 268 g/mol. The van der Waals surface area contributed by atoms with Crippen molar-refractivity contribution in [2.24, 2.45) is 0 Å². The number of likely N-dealkylation sites (N-methyl/N-ethyl adjacent to an activating group) is 1. The highest BCUT2D eigenvalue weighted by Crippen LogP contribution is 2.28. The minimum absolute atomic E-state index is 0.0294. The van der Waals surface area contributed by atoms with Crippen LogP contribution in [-0.4, -0.2) is 44.5 Å². The molecule has 1 atom stereocenters. The third kappa shape index (κ3) is 2.70. The van der Waals surface area contributed by atoms with Crippen molar-refractivity contribution in [3.05, 3.63) is 17.0 Å². The number of ether oxygens (including phenoxy) is 1. The molecule has 1 aliphatic heterocycles. The van der Waals surface area contributed by atoms with Gasteiger partial charge in [-0.05, 0) is 19.1 Å². The molecule has 1 fully saturated rings. The summed E-state index contributed by atoms with van der Waals surface area (Å²) >= 11 is 1.40. The first-order valence-corrected chi connectivity index (χ1v) is 6.75. The maximum absolute atomic E-state index is 12.0. The number of hydrogen-bond donors (Lipinski definition) is 1. The minimum atomic E-state index is -0.308. The van der Waals surface area contributed by atoms with Crippen LogP contribution in [0.15, 0.2) is 12.1 Å². The van der Waals surface area contributed by atoms with E-state index >= 15 is 0 Å². The average molecular weight is 268 g/mol. The lowest BCUT2D eigenvalue weighted by atomic mass is 10.2. The van der Waals surface area contributed by atoms with Gasteiger partial charge in [-0.1, -0.05) is 0 Å². The first kappa shape index (κ1) is 13.0. The lowest BCUT2D eigenvalue weighted by Gasteiger charge is -2.35. The van der Waals surface area contributed by atoms with E-state index in [-0.39, 0.29) is 11.9 Å². The summed E-state index contributed by atoms with van der Waals surface area (Å²) in [7, 11) is 0. The van der Waals surface area contributed by atoms with Crippen molar-refractivity contribution in [3.8, 4) is 0 Å². The number of hydrogen-bond acceptors (Lipinski definition) is 5. The van der Waals surface area contributed by atoms with Gasteiger partial charge in [0.25, 0.3) is 0 Å². The molecular weight excluding hydrogens is 252 g/mol. The molecule has 6 heteroatoms. The topological polar surface area (TPSA) is 58.6 Å². The van der Waals surface area contributed by atoms with E-state index in [0.29, 0.717) is 31.2 Å². The summed E-state index contributed by atoms with van der Waals surface area (Å²) in [6.07, 6.45) is 0.829. The second-order valence-corrected chi connectivity index (χ2v) is 5.07. The molecule has 1 saturated heterocycles. The molecule has 18 heavy (non-hydrogen) atoms. The molecule has 0 radical (unpaired) electrons. The second-order valence-electron chi connectivity index (χ2n) is 3.97. The Morgan fingerprint density at radius 1 is 1.67 bits per heavy atom. The zero-order valence-electron chi connectivity index (χ0n) is 10.2. The SMILES string of the molecule is CCNC(=O)C1COCCN1c1ccc(C=O)s1.